The summed E-state index contributed by atoms with van der Waals surface area (Å²) in [5, 5.41) is 13.7. The maximum absolute atomic E-state index is 13.1. The van der Waals surface area contributed by atoms with Crippen LogP contribution in [0.5, 0.6) is 0 Å². The number of benzene rings is 1. The molecule has 7 heteroatoms. The zero-order valence-corrected chi connectivity index (χ0v) is 11.3. The van der Waals surface area contributed by atoms with Gasteiger partial charge in [0.05, 0.1) is 11.3 Å². The number of rotatable bonds is 4. The Labute approximate surface area is 115 Å². The van der Waals surface area contributed by atoms with Crippen LogP contribution in [0.3, 0.4) is 0 Å². The molecule has 0 aliphatic carbocycles. The molecule has 0 bridgehead atoms. The monoisotopic (exact) mass is 286 g/mol. The number of anilines is 1. The van der Waals surface area contributed by atoms with Crippen LogP contribution >= 0.6 is 0 Å². The van der Waals surface area contributed by atoms with Gasteiger partial charge in [-0.15, -0.1) is 0 Å². The molecule has 20 heavy (non-hydrogen) atoms. The summed E-state index contributed by atoms with van der Waals surface area (Å²) >= 11 is 0. The van der Waals surface area contributed by atoms with Gasteiger partial charge in [-0.25, -0.2) is 18.4 Å². The second-order valence-corrected chi connectivity index (χ2v) is 4.75. The van der Waals surface area contributed by atoms with Crippen LogP contribution in [0, 0.1) is 17.6 Å². The normalized spacial score (nSPS) is 12.1. The molecule has 0 aliphatic rings. The van der Waals surface area contributed by atoms with E-state index < -0.39 is 29.2 Å². The Morgan fingerprint density at radius 1 is 1.15 bits per heavy atom. The molecule has 1 rings (SSSR count). The Bertz CT molecular complexity index is 533. The van der Waals surface area contributed by atoms with Crippen LogP contribution < -0.4 is 10.6 Å². The molecule has 0 fully saturated rings. The van der Waals surface area contributed by atoms with Crippen molar-refractivity contribution in [2.24, 2.45) is 5.92 Å². The highest BCUT2D eigenvalue weighted by atomic mass is 19.2. The van der Waals surface area contributed by atoms with Crippen molar-refractivity contribution < 1.29 is 23.5 Å². The topological polar surface area (TPSA) is 78.4 Å². The lowest BCUT2D eigenvalue weighted by atomic mass is 10.1. The Morgan fingerprint density at radius 2 is 1.70 bits per heavy atom. The van der Waals surface area contributed by atoms with Crippen molar-refractivity contribution in [2.75, 3.05) is 5.32 Å². The number of halogens is 2. The quantitative estimate of drug-likeness (QED) is 0.796. The van der Waals surface area contributed by atoms with Gasteiger partial charge in [0, 0.05) is 12.1 Å². The van der Waals surface area contributed by atoms with Gasteiger partial charge in [-0.05, 0) is 18.9 Å². The number of carbonyl (C=O) groups excluding carboxylic acids is 1. The minimum atomic E-state index is -1.46. The fourth-order valence-corrected chi connectivity index (χ4v) is 1.36. The molecule has 110 valence electrons. The van der Waals surface area contributed by atoms with Crippen LogP contribution in [-0.4, -0.2) is 23.1 Å². The molecule has 0 saturated heterocycles. The van der Waals surface area contributed by atoms with E-state index in [1.54, 1.807) is 6.92 Å². The average molecular weight is 286 g/mol. The summed E-state index contributed by atoms with van der Waals surface area (Å²) in [6.07, 6.45) is 0. The molecule has 0 saturated carbocycles. The second kappa shape index (κ2) is 6.31. The van der Waals surface area contributed by atoms with Crippen molar-refractivity contribution in [2.45, 2.75) is 26.8 Å². The molecule has 1 aromatic carbocycles. The van der Waals surface area contributed by atoms with E-state index in [0.717, 1.165) is 0 Å². The van der Waals surface area contributed by atoms with Crippen molar-refractivity contribution >= 4 is 17.7 Å². The fraction of sp³-hybridized carbons (Fsp3) is 0.385. The van der Waals surface area contributed by atoms with Crippen LogP contribution in [0.2, 0.25) is 0 Å². The molecule has 1 unspecified atom stereocenters. The lowest BCUT2D eigenvalue weighted by Crippen LogP contribution is -2.39. The summed E-state index contributed by atoms with van der Waals surface area (Å²) in [5.74, 6) is -3.81. The standard InChI is InChI=1S/C13H16F2N2O3/c1-6(2)7(3)16-13(20)17-11-5-10(15)9(14)4-8(11)12(18)19/h4-7H,1-3H3,(H,18,19)(H2,16,17,20). The summed E-state index contributed by atoms with van der Waals surface area (Å²) in [6.45, 7) is 5.56. The molecule has 0 spiro atoms. The smallest absolute Gasteiger partial charge is 0.337 e. The molecular weight excluding hydrogens is 270 g/mol. The molecular formula is C13H16F2N2O3. The number of carboxylic acid groups (broad SMARTS) is 1. The number of carboxylic acids is 1. The van der Waals surface area contributed by atoms with Gasteiger partial charge in [0.2, 0.25) is 0 Å². The largest absolute Gasteiger partial charge is 0.478 e. The number of hydrogen-bond acceptors (Lipinski definition) is 2. The van der Waals surface area contributed by atoms with Crippen LogP contribution in [0.4, 0.5) is 19.3 Å². The Balaban J connectivity index is 2.94. The molecule has 0 radical (unpaired) electrons. The fourth-order valence-electron chi connectivity index (χ4n) is 1.36. The molecule has 1 atom stereocenters. The van der Waals surface area contributed by atoms with Gasteiger partial charge < -0.3 is 15.7 Å². The molecule has 0 heterocycles. The van der Waals surface area contributed by atoms with Gasteiger partial charge in [0.25, 0.3) is 0 Å². The number of nitrogens with one attached hydrogen (secondary N) is 2. The average Bonchev–Trinajstić information content (AvgIpc) is 2.32. The van der Waals surface area contributed by atoms with E-state index in [2.05, 4.69) is 10.6 Å². The van der Waals surface area contributed by atoms with Crippen LogP contribution in [0.1, 0.15) is 31.1 Å². The third-order valence-corrected chi connectivity index (χ3v) is 2.90. The van der Waals surface area contributed by atoms with Crippen molar-refractivity contribution in [3.05, 3.63) is 29.3 Å². The first-order valence-corrected chi connectivity index (χ1v) is 6.02. The highest BCUT2D eigenvalue weighted by molar-refractivity contribution is 6.00. The third kappa shape index (κ3) is 3.91. The molecule has 1 aromatic rings. The predicted octanol–water partition coefficient (Wildman–Crippen LogP) is 2.83. The molecule has 0 aliphatic heterocycles. The minimum absolute atomic E-state index is 0.159. The second-order valence-electron chi connectivity index (χ2n) is 4.75. The molecule has 3 N–H and O–H groups in total. The summed E-state index contributed by atoms with van der Waals surface area (Å²) in [5.41, 5.74) is -0.818. The maximum atomic E-state index is 13.1. The third-order valence-electron chi connectivity index (χ3n) is 2.90. The molecule has 0 aromatic heterocycles. The van der Waals surface area contributed by atoms with Crippen LogP contribution in [0.15, 0.2) is 12.1 Å². The summed E-state index contributed by atoms with van der Waals surface area (Å²) < 4.78 is 26.1. The zero-order chi connectivity index (χ0) is 15.4. The summed E-state index contributed by atoms with van der Waals surface area (Å²) in [7, 11) is 0. The Hall–Kier alpha value is -2.18. The highest BCUT2D eigenvalue weighted by Crippen LogP contribution is 2.20. The van der Waals surface area contributed by atoms with Gasteiger partial charge in [-0.3, -0.25) is 0 Å². The number of urea groups is 1. The van der Waals surface area contributed by atoms with Gasteiger partial charge in [-0.2, -0.15) is 0 Å². The highest BCUT2D eigenvalue weighted by Gasteiger charge is 2.18. The van der Waals surface area contributed by atoms with Crippen molar-refractivity contribution in [3.8, 4) is 0 Å². The molecule has 5 nitrogen and oxygen atoms in total. The lowest BCUT2D eigenvalue weighted by Gasteiger charge is -2.18. The van der Waals surface area contributed by atoms with E-state index in [4.69, 9.17) is 5.11 Å². The predicted molar refractivity (Wildman–Crippen MR) is 69.8 cm³/mol. The first-order chi connectivity index (χ1) is 9.22. The van der Waals surface area contributed by atoms with Gasteiger partial charge in [-0.1, -0.05) is 13.8 Å². The molecule has 2 amide bonds. The summed E-state index contributed by atoms with van der Waals surface area (Å²) in [6, 6.07) is 0.325. The Kier molecular flexibility index (Phi) is 5.01. The van der Waals surface area contributed by atoms with Crippen molar-refractivity contribution in [1.82, 2.24) is 5.32 Å². The van der Waals surface area contributed by atoms with Crippen molar-refractivity contribution in [1.29, 1.82) is 0 Å². The first-order valence-electron chi connectivity index (χ1n) is 6.02. The van der Waals surface area contributed by atoms with E-state index in [0.29, 0.717) is 12.1 Å². The van der Waals surface area contributed by atoms with E-state index in [1.165, 1.54) is 0 Å². The van der Waals surface area contributed by atoms with E-state index in [9.17, 15) is 18.4 Å². The summed E-state index contributed by atoms with van der Waals surface area (Å²) in [4.78, 5) is 22.6. The van der Waals surface area contributed by atoms with E-state index in [-0.39, 0.29) is 17.6 Å². The van der Waals surface area contributed by atoms with Gasteiger partial charge >= 0.3 is 12.0 Å². The first kappa shape index (κ1) is 15.9. The SMILES string of the molecule is CC(C)C(C)NC(=O)Nc1cc(F)c(F)cc1C(=O)O. The van der Waals surface area contributed by atoms with Crippen molar-refractivity contribution in [3.63, 3.8) is 0 Å². The lowest BCUT2D eigenvalue weighted by molar-refractivity contribution is 0.0697. The van der Waals surface area contributed by atoms with Crippen LogP contribution in [-0.2, 0) is 0 Å². The number of hydrogen-bond donors (Lipinski definition) is 3. The van der Waals surface area contributed by atoms with E-state index in [1.807, 2.05) is 13.8 Å². The Morgan fingerprint density at radius 3 is 2.20 bits per heavy atom. The number of aromatic carboxylic acids is 1. The van der Waals surface area contributed by atoms with E-state index >= 15 is 0 Å². The zero-order valence-electron chi connectivity index (χ0n) is 11.3. The number of carbonyl (C=O) groups is 2. The van der Waals surface area contributed by atoms with Gasteiger partial charge in [0.1, 0.15) is 0 Å². The minimum Gasteiger partial charge on any atom is -0.478 e. The number of amides is 2. The maximum Gasteiger partial charge on any atom is 0.337 e. The van der Waals surface area contributed by atoms with Crippen LogP contribution in [0.25, 0.3) is 0 Å². The van der Waals surface area contributed by atoms with Gasteiger partial charge in [0.15, 0.2) is 11.6 Å².